The van der Waals surface area contributed by atoms with Crippen molar-refractivity contribution < 1.29 is 14.5 Å². The molecular formula is C13H14N4O4. The standard InChI is InChI=1S/C13H14N4O4/c1-9(10-6-14-15-7-10)16-13(18)8-21-12-4-2-3-11(5-12)17(19)20/h2-7,9H,8H2,1H3,(H,14,15)(H,16,18). The fourth-order valence-corrected chi connectivity index (χ4v) is 1.70. The van der Waals surface area contributed by atoms with Gasteiger partial charge in [-0.05, 0) is 13.0 Å². The average molecular weight is 290 g/mol. The molecule has 8 nitrogen and oxygen atoms in total. The Kier molecular flexibility index (Phi) is 4.50. The van der Waals surface area contributed by atoms with Crippen LogP contribution in [0.1, 0.15) is 18.5 Å². The zero-order chi connectivity index (χ0) is 15.2. The molecule has 0 spiro atoms. The van der Waals surface area contributed by atoms with E-state index in [1.54, 1.807) is 18.5 Å². The summed E-state index contributed by atoms with van der Waals surface area (Å²) >= 11 is 0. The van der Waals surface area contributed by atoms with Crippen LogP contribution >= 0.6 is 0 Å². The molecule has 0 aliphatic rings. The smallest absolute Gasteiger partial charge is 0.273 e. The second-order valence-electron chi connectivity index (χ2n) is 4.36. The summed E-state index contributed by atoms with van der Waals surface area (Å²) in [5.41, 5.74) is 0.762. The Morgan fingerprint density at radius 2 is 2.38 bits per heavy atom. The van der Waals surface area contributed by atoms with Crippen molar-refractivity contribution in [1.82, 2.24) is 15.5 Å². The Balaban J connectivity index is 1.86. The highest BCUT2D eigenvalue weighted by Gasteiger charge is 2.12. The number of nitro benzene ring substituents is 1. The van der Waals surface area contributed by atoms with Crippen molar-refractivity contribution in [3.8, 4) is 5.75 Å². The normalized spacial score (nSPS) is 11.7. The Labute approximate surface area is 120 Å². The Hall–Kier alpha value is -2.90. The number of nitrogens with zero attached hydrogens (tertiary/aromatic N) is 2. The molecule has 1 aromatic carbocycles. The molecule has 1 amide bonds. The predicted octanol–water partition coefficient (Wildman–Crippen LogP) is 1.57. The number of carbonyl (C=O) groups excluding carboxylic acids is 1. The Morgan fingerprint density at radius 3 is 3.05 bits per heavy atom. The molecule has 0 radical (unpaired) electrons. The van der Waals surface area contributed by atoms with Gasteiger partial charge in [-0.2, -0.15) is 5.10 Å². The number of benzene rings is 1. The second-order valence-corrected chi connectivity index (χ2v) is 4.36. The number of aromatic amines is 1. The van der Waals surface area contributed by atoms with Gasteiger partial charge in [0.1, 0.15) is 5.75 Å². The third-order valence-corrected chi connectivity index (χ3v) is 2.80. The molecule has 0 aliphatic heterocycles. The van der Waals surface area contributed by atoms with Crippen LogP contribution in [-0.2, 0) is 4.79 Å². The van der Waals surface area contributed by atoms with E-state index in [2.05, 4.69) is 15.5 Å². The van der Waals surface area contributed by atoms with Crippen LogP contribution in [-0.4, -0.2) is 27.6 Å². The van der Waals surface area contributed by atoms with Crippen molar-refractivity contribution in [1.29, 1.82) is 0 Å². The van der Waals surface area contributed by atoms with Crippen molar-refractivity contribution >= 4 is 11.6 Å². The molecule has 0 saturated heterocycles. The van der Waals surface area contributed by atoms with Gasteiger partial charge >= 0.3 is 0 Å². The number of carbonyl (C=O) groups is 1. The fourth-order valence-electron chi connectivity index (χ4n) is 1.70. The summed E-state index contributed by atoms with van der Waals surface area (Å²) in [4.78, 5) is 21.9. The van der Waals surface area contributed by atoms with Gasteiger partial charge in [-0.25, -0.2) is 0 Å². The maximum Gasteiger partial charge on any atom is 0.273 e. The lowest BCUT2D eigenvalue weighted by atomic mass is 10.2. The van der Waals surface area contributed by atoms with E-state index in [0.29, 0.717) is 0 Å². The zero-order valence-electron chi connectivity index (χ0n) is 11.3. The summed E-state index contributed by atoms with van der Waals surface area (Å²) in [5, 5.41) is 19.8. The van der Waals surface area contributed by atoms with Crippen LogP contribution in [0.5, 0.6) is 5.75 Å². The van der Waals surface area contributed by atoms with Crippen LogP contribution < -0.4 is 10.1 Å². The van der Waals surface area contributed by atoms with Crippen LogP contribution in [0.2, 0.25) is 0 Å². The number of rotatable bonds is 6. The van der Waals surface area contributed by atoms with Gasteiger partial charge in [0.2, 0.25) is 0 Å². The summed E-state index contributed by atoms with van der Waals surface area (Å²) < 4.78 is 5.24. The monoisotopic (exact) mass is 290 g/mol. The summed E-state index contributed by atoms with van der Waals surface area (Å²) in [6, 6.07) is 5.48. The van der Waals surface area contributed by atoms with Crippen LogP contribution in [0.25, 0.3) is 0 Å². The average Bonchev–Trinajstić information content (AvgIpc) is 2.99. The van der Waals surface area contributed by atoms with E-state index >= 15 is 0 Å². The van der Waals surface area contributed by atoms with Crippen LogP contribution in [0.15, 0.2) is 36.7 Å². The van der Waals surface area contributed by atoms with E-state index in [0.717, 1.165) is 5.56 Å². The van der Waals surface area contributed by atoms with Gasteiger partial charge in [-0.1, -0.05) is 6.07 Å². The molecule has 0 fully saturated rings. The quantitative estimate of drug-likeness (QED) is 0.619. The molecule has 1 aromatic heterocycles. The van der Waals surface area contributed by atoms with Gasteiger partial charge in [-0.3, -0.25) is 20.0 Å². The third kappa shape index (κ3) is 4.03. The highest BCUT2D eigenvalue weighted by molar-refractivity contribution is 5.78. The molecule has 21 heavy (non-hydrogen) atoms. The number of ether oxygens (including phenoxy) is 1. The lowest BCUT2D eigenvalue weighted by molar-refractivity contribution is -0.384. The van der Waals surface area contributed by atoms with E-state index in [9.17, 15) is 14.9 Å². The first-order chi connectivity index (χ1) is 10.1. The minimum absolute atomic E-state index is 0.0836. The minimum Gasteiger partial charge on any atom is -0.484 e. The van der Waals surface area contributed by atoms with Crippen molar-refractivity contribution in [2.75, 3.05) is 6.61 Å². The topological polar surface area (TPSA) is 110 Å². The molecule has 0 bridgehead atoms. The van der Waals surface area contributed by atoms with Crippen LogP contribution in [0.3, 0.4) is 0 Å². The first-order valence-electron chi connectivity index (χ1n) is 6.21. The van der Waals surface area contributed by atoms with Crippen molar-refractivity contribution in [2.45, 2.75) is 13.0 Å². The lowest BCUT2D eigenvalue weighted by Gasteiger charge is -2.12. The lowest BCUT2D eigenvalue weighted by Crippen LogP contribution is -2.31. The van der Waals surface area contributed by atoms with Gasteiger partial charge < -0.3 is 10.1 Å². The number of hydrogen-bond acceptors (Lipinski definition) is 5. The SMILES string of the molecule is CC(NC(=O)COc1cccc([N+](=O)[O-])c1)c1cn[nH]c1. The number of hydrogen-bond donors (Lipinski definition) is 2. The third-order valence-electron chi connectivity index (χ3n) is 2.80. The second kappa shape index (κ2) is 6.51. The Bertz CT molecular complexity index is 627. The maximum atomic E-state index is 11.7. The number of nitro groups is 1. The van der Waals surface area contributed by atoms with Gasteiger partial charge in [0, 0.05) is 17.8 Å². The molecule has 0 saturated carbocycles. The molecule has 2 N–H and O–H groups in total. The molecule has 8 heteroatoms. The molecule has 2 rings (SSSR count). The number of H-pyrrole nitrogens is 1. The Morgan fingerprint density at radius 1 is 1.57 bits per heavy atom. The largest absolute Gasteiger partial charge is 0.484 e. The molecule has 110 valence electrons. The van der Waals surface area contributed by atoms with E-state index in [1.807, 2.05) is 6.92 Å². The van der Waals surface area contributed by atoms with Gasteiger partial charge in [0.15, 0.2) is 6.61 Å². The van der Waals surface area contributed by atoms with E-state index in [4.69, 9.17) is 4.74 Å². The molecule has 0 aliphatic carbocycles. The minimum atomic E-state index is -0.520. The van der Waals surface area contributed by atoms with Crippen molar-refractivity contribution in [3.05, 3.63) is 52.3 Å². The summed E-state index contributed by atoms with van der Waals surface area (Å²) in [6.07, 6.45) is 3.30. The fraction of sp³-hybridized carbons (Fsp3) is 0.231. The zero-order valence-corrected chi connectivity index (χ0v) is 11.3. The maximum absolute atomic E-state index is 11.7. The highest BCUT2D eigenvalue weighted by Crippen LogP contribution is 2.19. The van der Waals surface area contributed by atoms with Crippen LogP contribution in [0.4, 0.5) is 5.69 Å². The first-order valence-corrected chi connectivity index (χ1v) is 6.21. The number of aromatic nitrogens is 2. The van der Waals surface area contributed by atoms with Gasteiger partial charge in [-0.15, -0.1) is 0 Å². The molecule has 1 atom stereocenters. The van der Waals surface area contributed by atoms with E-state index < -0.39 is 4.92 Å². The number of nitrogens with one attached hydrogen (secondary N) is 2. The van der Waals surface area contributed by atoms with E-state index in [1.165, 1.54) is 18.2 Å². The van der Waals surface area contributed by atoms with Gasteiger partial charge in [0.05, 0.1) is 23.2 Å². The van der Waals surface area contributed by atoms with Gasteiger partial charge in [0.25, 0.3) is 11.6 Å². The molecule has 1 unspecified atom stereocenters. The van der Waals surface area contributed by atoms with Crippen molar-refractivity contribution in [2.24, 2.45) is 0 Å². The first kappa shape index (κ1) is 14.5. The molecule has 1 heterocycles. The summed E-state index contributed by atoms with van der Waals surface area (Å²) in [7, 11) is 0. The van der Waals surface area contributed by atoms with Crippen LogP contribution in [0, 0.1) is 10.1 Å². The highest BCUT2D eigenvalue weighted by atomic mass is 16.6. The number of amides is 1. The summed E-state index contributed by atoms with van der Waals surface area (Å²) in [6.45, 7) is 1.60. The molecular weight excluding hydrogens is 276 g/mol. The summed E-state index contributed by atoms with van der Waals surface area (Å²) in [5.74, 6) is -0.0504. The van der Waals surface area contributed by atoms with E-state index in [-0.39, 0.29) is 30.0 Å². The number of non-ortho nitro benzene ring substituents is 1. The molecule has 2 aromatic rings. The predicted molar refractivity (Wildman–Crippen MR) is 73.7 cm³/mol. The van der Waals surface area contributed by atoms with Crippen molar-refractivity contribution in [3.63, 3.8) is 0 Å².